The Labute approximate surface area is 103 Å². The lowest BCUT2D eigenvalue weighted by atomic mass is 9.99. The smallest absolute Gasteiger partial charge is 0.206 e. The van der Waals surface area contributed by atoms with Crippen molar-refractivity contribution in [1.82, 2.24) is 15.6 Å². The maximum absolute atomic E-state index is 5.54. The minimum Gasteiger partial charge on any atom is -0.353 e. The van der Waals surface area contributed by atoms with Gasteiger partial charge in [0.2, 0.25) is 5.96 Å². The maximum atomic E-state index is 5.54. The Kier molecular flexibility index (Phi) is 3.20. The molecular formula is C12H23N5. The minimum atomic E-state index is 0.438. The first kappa shape index (κ1) is 11.3. The van der Waals surface area contributed by atoms with Gasteiger partial charge in [-0.3, -0.25) is 10.3 Å². The van der Waals surface area contributed by atoms with E-state index in [2.05, 4.69) is 15.6 Å². The van der Waals surface area contributed by atoms with Crippen molar-refractivity contribution < 1.29 is 0 Å². The number of aliphatic imine (C=N–C) groups is 1. The quantitative estimate of drug-likeness (QED) is 0.277. The molecule has 0 amide bonds. The summed E-state index contributed by atoms with van der Waals surface area (Å²) in [6, 6.07) is 1.70. The molecular weight excluding hydrogens is 214 g/mol. The van der Waals surface area contributed by atoms with Gasteiger partial charge in [-0.1, -0.05) is 6.42 Å². The van der Waals surface area contributed by atoms with Crippen LogP contribution in [0.4, 0.5) is 0 Å². The Bertz CT molecular complexity index is 299. The molecule has 2 saturated heterocycles. The zero-order valence-electron chi connectivity index (χ0n) is 10.4. The summed E-state index contributed by atoms with van der Waals surface area (Å²) in [5.74, 6) is 6.33. The monoisotopic (exact) mass is 237 g/mol. The molecule has 2 heterocycles. The molecule has 3 rings (SSSR count). The number of nitrogens with two attached hydrogens (primary N) is 1. The second-order valence-corrected chi connectivity index (χ2v) is 5.50. The van der Waals surface area contributed by atoms with Crippen LogP contribution in [0.2, 0.25) is 0 Å². The van der Waals surface area contributed by atoms with Gasteiger partial charge in [0, 0.05) is 18.6 Å². The Morgan fingerprint density at radius 1 is 1.12 bits per heavy atom. The van der Waals surface area contributed by atoms with Gasteiger partial charge in [-0.25, -0.2) is 10.8 Å². The van der Waals surface area contributed by atoms with Gasteiger partial charge in [-0.2, -0.15) is 0 Å². The van der Waals surface area contributed by atoms with Gasteiger partial charge in [0.25, 0.3) is 0 Å². The molecule has 0 bridgehead atoms. The fraction of sp³-hybridized carbons (Fsp3) is 0.917. The van der Waals surface area contributed by atoms with E-state index in [0.29, 0.717) is 18.1 Å². The topological polar surface area (TPSA) is 65.7 Å². The van der Waals surface area contributed by atoms with Crippen molar-refractivity contribution >= 4 is 5.96 Å². The van der Waals surface area contributed by atoms with Crippen LogP contribution in [0, 0.1) is 0 Å². The average molecular weight is 237 g/mol. The molecule has 5 heteroatoms. The van der Waals surface area contributed by atoms with E-state index < -0.39 is 0 Å². The number of hydrogen-bond acceptors (Lipinski definition) is 3. The van der Waals surface area contributed by atoms with Gasteiger partial charge in [0.15, 0.2) is 0 Å². The molecule has 3 aliphatic rings. The first-order valence-electron chi connectivity index (χ1n) is 6.92. The lowest BCUT2D eigenvalue weighted by Crippen LogP contribution is -2.45. The van der Waals surface area contributed by atoms with Gasteiger partial charge in [0.05, 0.1) is 6.04 Å². The van der Waals surface area contributed by atoms with Crippen molar-refractivity contribution in [3.05, 3.63) is 0 Å². The van der Waals surface area contributed by atoms with Crippen LogP contribution in [0.5, 0.6) is 0 Å². The molecule has 0 radical (unpaired) electrons. The third kappa shape index (κ3) is 2.55. The van der Waals surface area contributed by atoms with Crippen LogP contribution in [0.1, 0.15) is 38.5 Å². The second-order valence-electron chi connectivity index (χ2n) is 5.50. The fourth-order valence-electron chi connectivity index (χ4n) is 3.07. The van der Waals surface area contributed by atoms with Gasteiger partial charge in [0.1, 0.15) is 0 Å². The Morgan fingerprint density at radius 3 is 2.76 bits per heavy atom. The highest BCUT2D eigenvalue weighted by Gasteiger charge is 2.35. The van der Waals surface area contributed by atoms with Crippen LogP contribution in [-0.2, 0) is 0 Å². The highest BCUT2D eigenvalue weighted by atomic mass is 15.4. The molecule has 0 aromatic rings. The number of guanidine groups is 1. The number of hydrogen-bond donors (Lipinski definition) is 3. The Balaban J connectivity index is 1.63. The maximum Gasteiger partial charge on any atom is 0.206 e. The van der Waals surface area contributed by atoms with E-state index in [-0.39, 0.29) is 0 Å². The van der Waals surface area contributed by atoms with E-state index in [9.17, 15) is 0 Å². The van der Waals surface area contributed by atoms with E-state index in [1.54, 1.807) is 0 Å². The number of piperidine rings is 1. The average Bonchev–Trinajstić information content (AvgIpc) is 3.09. The molecule has 2 unspecified atom stereocenters. The van der Waals surface area contributed by atoms with Gasteiger partial charge in [-0.05, 0) is 38.6 Å². The second kappa shape index (κ2) is 4.82. The summed E-state index contributed by atoms with van der Waals surface area (Å²) >= 11 is 0. The summed E-state index contributed by atoms with van der Waals surface area (Å²) in [5, 5.41) is 3.36. The third-order valence-electron chi connectivity index (χ3n) is 4.17. The van der Waals surface area contributed by atoms with Crippen LogP contribution in [0.25, 0.3) is 0 Å². The van der Waals surface area contributed by atoms with Crippen molar-refractivity contribution in [2.24, 2.45) is 10.8 Å². The fourth-order valence-corrected chi connectivity index (χ4v) is 3.07. The molecule has 17 heavy (non-hydrogen) atoms. The lowest BCUT2D eigenvalue weighted by molar-refractivity contribution is 0.189. The van der Waals surface area contributed by atoms with Crippen molar-refractivity contribution in [3.63, 3.8) is 0 Å². The van der Waals surface area contributed by atoms with Crippen LogP contribution in [0.15, 0.2) is 4.99 Å². The minimum absolute atomic E-state index is 0.438. The largest absolute Gasteiger partial charge is 0.353 e. The Hall–Kier alpha value is -0.810. The predicted molar refractivity (Wildman–Crippen MR) is 68.5 cm³/mol. The highest BCUT2D eigenvalue weighted by Crippen LogP contribution is 2.29. The summed E-state index contributed by atoms with van der Waals surface area (Å²) < 4.78 is 0. The molecule has 96 valence electrons. The summed E-state index contributed by atoms with van der Waals surface area (Å²) in [6.45, 7) is 2.47. The zero-order chi connectivity index (χ0) is 11.7. The summed E-state index contributed by atoms with van der Waals surface area (Å²) in [5.41, 5.74) is 2.72. The first-order chi connectivity index (χ1) is 8.36. The van der Waals surface area contributed by atoms with Crippen LogP contribution in [-0.4, -0.2) is 42.1 Å². The van der Waals surface area contributed by atoms with E-state index in [0.717, 1.165) is 5.96 Å². The van der Waals surface area contributed by atoms with Gasteiger partial charge >= 0.3 is 0 Å². The zero-order valence-corrected chi connectivity index (χ0v) is 10.4. The molecule has 0 spiro atoms. The predicted octanol–water partition coefficient (Wildman–Crippen LogP) is 0.184. The van der Waals surface area contributed by atoms with Crippen molar-refractivity contribution in [2.75, 3.05) is 13.1 Å². The first-order valence-corrected chi connectivity index (χ1v) is 6.92. The normalized spacial score (nSPS) is 34.5. The number of nitrogens with one attached hydrogen (secondary N) is 2. The molecule has 2 atom stereocenters. The van der Waals surface area contributed by atoms with E-state index >= 15 is 0 Å². The van der Waals surface area contributed by atoms with Crippen molar-refractivity contribution in [2.45, 2.75) is 56.7 Å². The molecule has 3 fully saturated rings. The molecule has 1 aliphatic carbocycles. The number of rotatable bonds is 2. The van der Waals surface area contributed by atoms with E-state index in [4.69, 9.17) is 10.8 Å². The molecule has 4 N–H and O–H groups in total. The molecule has 0 aromatic heterocycles. The number of nitrogens with zero attached hydrogens (tertiary/aromatic N) is 2. The highest BCUT2D eigenvalue weighted by molar-refractivity contribution is 5.80. The molecule has 1 saturated carbocycles. The molecule has 2 aliphatic heterocycles. The number of hydrazine groups is 1. The third-order valence-corrected chi connectivity index (χ3v) is 4.17. The summed E-state index contributed by atoms with van der Waals surface area (Å²) in [6.07, 6.45) is 7.70. The van der Waals surface area contributed by atoms with Crippen LogP contribution < -0.4 is 16.6 Å². The summed E-state index contributed by atoms with van der Waals surface area (Å²) in [7, 11) is 0. The van der Waals surface area contributed by atoms with Crippen LogP contribution >= 0.6 is 0 Å². The molecule has 0 aromatic carbocycles. The van der Waals surface area contributed by atoms with E-state index in [1.165, 1.54) is 51.6 Å². The van der Waals surface area contributed by atoms with Gasteiger partial charge < -0.3 is 5.32 Å². The molecule has 5 nitrogen and oxygen atoms in total. The van der Waals surface area contributed by atoms with Crippen molar-refractivity contribution in [1.29, 1.82) is 0 Å². The number of fused-ring (bicyclic) bond motifs is 1. The SMILES string of the molecule is NNC(=NC1CCN2CCCCC12)NC1CC1. The van der Waals surface area contributed by atoms with E-state index in [1.807, 2.05) is 0 Å². The lowest BCUT2D eigenvalue weighted by Gasteiger charge is -2.31. The Morgan fingerprint density at radius 2 is 2.00 bits per heavy atom. The van der Waals surface area contributed by atoms with Crippen LogP contribution in [0.3, 0.4) is 0 Å². The standard InChI is InChI=1S/C12H23N5/c13-16-12(14-9-4-5-9)15-10-6-8-17-7-2-1-3-11(10)17/h9-11H,1-8,13H2,(H2,14,15,16). The van der Waals surface area contributed by atoms with Crippen molar-refractivity contribution in [3.8, 4) is 0 Å². The summed E-state index contributed by atoms with van der Waals surface area (Å²) in [4.78, 5) is 7.39. The van der Waals surface area contributed by atoms with Gasteiger partial charge in [-0.15, -0.1) is 0 Å².